The summed E-state index contributed by atoms with van der Waals surface area (Å²) in [6, 6.07) is 5.85. The molecule has 0 aromatic heterocycles. The molecule has 6 nitrogen and oxygen atoms in total. The Labute approximate surface area is 126 Å². The Morgan fingerprint density at radius 1 is 1.29 bits per heavy atom. The molecule has 0 bridgehead atoms. The molecule has 0 aliphatic carbocycles. The molecule has 1 atom stereocenters. The number of nitro groups is 1. The van der Waals surface area contributed by atoms with Gasteiger partial charge in [0.05, 0.1) is 14.6 Å². The number of hydrogen-bond donors (Lipinski definition) is 1. The van der Waals surface area contributed by atoms with Crippen LogP contribution >= 0.6 is 0 Å². The largest absolute Gasteiger partial charge is 0.304 e. The van der Waals surface area contributed by atoms with Crippen LogP contribution < -0.4 is 4.72 Å². The van der Waals surface area contributed by atoms with Gasteiger partial charge in [-0.25, -0.2) is 8.93 Å². The Morgan fingerprint density at radius 3 is 2.29 bits per heavy atom. The molecule has 0 radical (unpaired) electrons. The molecule has 1 unspecified atom stereocenters. The van der Waals surface area contributed by atoms with Crippen LogP contribution in [0.2, 0.25) is 0 Å². The maximum atomic E-state index is 12.8. The van der Waals surface area contributed by atoms with Crippen LogP contribution in [0.5, 0.6) is 0 Å². The zero-order valence-corrected chi connectivity index (χ0v) is 13.6. The number of non-ortho nitro benzene ring substituents is 1. The van der Waals surface area contributed by atoms with Crippen molar-refractivity contribution in [2.24, 2.45) is 0 Å². The molecule has 1 aromatic carbocycles. The molecule has 7 heteroatoms. The van der Waals surface area contributed by atoms with Gasteiger partial charge in [0.1, 0.15) is 0 Å². The van der Waals surface area contributed by atoms with Crippen molar-refractivity contribution in [3.05, 3.63) is 34.4 Å². The second-order valence-corrected chi connectivity index (χ2v) is 6.95. The smallest absolute Gasteiger partial charge is 0.269 e. The van der Waals surface area contributed by atoms with Gasteiger partial charge in [-0.15, -0.1) is 0 Å². The molecule has 0 aliphatic heterocycles. The van der Waals surface area contributed by atoms with Crippen molar-refractivity contribution >= 4 is 20.8 Å². The summed E-state index contributed by atoms with van der Waals surface area (Å²) in [7, 11) is -0.848. The third kappa shape index (κ3) is 4.80. The monoisotopic (exact) mass is 313 g/mol. The van der Waals surface area contributed by atoms with Crippen LogP contribution in [-0.4, -0.2) is 46.1 Å². The van der Waals surface area contributed by atoms with Gasteiger partial charge in [0.25, 0.3) is 5.69 Å². The quantitative estimate of drug-likeness (QED) is 0.452. The SMILES string of the molecule is CCN(CC)CCC=S(=O)(NC)c1ccc([N+](=O)[O-])cc1. The maximum absolute atomic E-state index is 12.8. The normalized spacial score (nSPS) is 13.9. The third-order valence-electron chi connectivity index (χ3n) is 3.39. The van der Waals surface area contributed by atoms with E-state index in [1.807, 2.05) is 0 Å². The van der Waals surface area contributed by atoms with Gasteiger partial charge >= 0.3 is 0 Å². The van der Waals surface area contributed by atoms with Crippen molar-refractivity contribution in [3.8, 4) is 0 Å². The molecule has 0 saturated carbocycles. The average molecular weight is 313 g/mol. The Morgan fingerprint density at radius 2 is 1.86 bits per heavy atom. The summed E-state index contributed by atoms with van der Waals surface area (Å²) in [6.45, 7) is 6.95. The summed E-state index contributed by atoms with van der Waals surface area (Å²) < 4.78 is 15.7. The van der Waals surface area contributed by atoms with E-state index in [0.29, 0.717) is 11.3 Å². The highest BCUT2D eigenvalue weighted by Crippen LogP contribution is 2.16. The third-order valence-corrected chi connectivity index (χ3v) is 5.68. The Hall–Kier alpha value is -1.44. The molecule has 0 heterocycles. The van der Waals surface area contributed by atoms with Gasteiger partial charge in [0.15, 0.2) is 0 Å². The van der Waals surface area contributed by atoms with Gasteiger partial charge < -0.3 is 4.90 Å². The number of hydrogen-bond acceptors (Lipinski definition) is 4. The van der Waals surface area contributed by atoms with Crippen LogP contribution in [0.15, 0.2) is 29.2 Å². The van der Waals surface area contributed by atoms with E-state index >= 15 is 0 Å². The summed E-state index contributed by atoms with van der Waals surface area (Å²) in [5.41, 5.74) is -0.000237. The van der Waals surface area contributed by atoms with E-state index in [2.05, 4.69) is 23.5 Å². The zero-order valence-electron chi connectivity index (χ0n) is 12.7. The molecule has 1 rings (SSSR count). The van der Waals surface area contributed by atoms with Crippen LogP contribution in [-0.2, 0) is 9.71 Å². The van der Waals surface area contributed by atoms with Crippen molar-refractivity contribution in [1.82, 2.24) is 9.62 Å². The van der Waals surface area contributed by atoms with Crippen molar-refractivity contribution in [3.63, 3.8) is 0 Å². The summed E-state index contributed by atoms with van der Waals surface area (Å²) in [5.74, 6) is 0. The summed E-state index contributed by atoms with van der Waals surface area (Å²) in [6.07, 6.45) is 0.693. The predicted octanol–water partition coefficient (Wildman–Crippen LogP) is 1.91. The number of nitro benzene ring substituents is 1. The van der Waals surface area contributed by atoms with Gasteiger partial charge in [-0.3, -0.25) is 10.1 Å². The van der Waals surface area contributed by atoms with Crippen molar-refractivity contribution < 1.29 is 9.13 Å². The fraction of sp³-hybridized carbons (Fsp3) is 0.500. The molecule has 0 spiro atoms. The summed E-state index contributed by atoms with van der Waals surface area (Å²) in [4.78, 5) is 13.0. The molecule has 0 saturated heterocycles. The van der Waals surface area contributed by atoms with E-state index in [4.69, 9.17) is 0 Å². The highest BCUT2D eigenvalue weighted by atomic mass is 32.2. The molecule has 0 aliphatic rings. The van der Waals surface area contributed by atoms with Gasteiger partial charge in [0.2, 0.25) is 0 Å². The van der Waals surface area contributed by atoms with E-state index in [1.54, 1.807) is 24.5 Å². The lowest BCUT2D eigenvalue weighted by molar-refractivity contribution is -0.384. The Kier molecular flexibility index (Phi) is 6.80. The molecule has 1 aromatic rings. The van der Waals surface area contributed by atoms with Crippen LogP contribution in [0, 0.1) is 10.1 Å². The second kappa shape index (κ2) is 8.11. The zero-order chi connectivity index (χ0) is 15.9. The second-order valence-electron chi connectivity index (χ2n) is 4.54. The molecular weight excluding hydrogens is 290 g/mol. The lowest BCUT2D eigenvalue weighted by Gasteiger charge is -2.17. The van der Waals surface area contributed by atoms with Crippen LogP contribution in [0.25, 0.3) is 0 Å². The van der Waals surface area contributed by atoms with E-state index in [0.717, 1.165) is 19.6 Å². The van der Waals surface area contributed by atoms with Crippen molar-refractivity contribution in [2.75, 3.05) is 26.7 Å². The average Bonchev–Trinajstić information content (AvgIpc) is 2.51. The molecule has 118 valence electrons. The van der Waals surface area contributed by atoms with Gasteiger partial charge in [-0.05, 0) is 44.1 Å². The van der Waals surface area contributed by atoms with E-state index in [1.165, 1.54) is 12.1 Å². The molecule has 0 amide bonds. The summed E-state index contributed by atoms with van der Waals surface area (Å²) in [5, 5.41) is 12.4. The van der Waals surface area contributed by atoms with E-state index in [-0.39, 0.29) is 5.69 Å². The van der Waals surface area contributed by atoms with Gasteiger partial charge in [-0.1, -0.05) is 13.8 Å². The number of nitrogens with one attached hydrogen (secondary N) is 1. The fourth-order valence-corrected chi connectivity index (χ4v) is 3.58. The molecule has 21 heavy (non-hydrogen) atoms. The Bertz CT molecular complexity index is 574. The highest BCUT2D eigenvalue weighted by Gasteiger charge is 2.11. The van der Waals surface area contributed by atoms with E-state index in [9.17, 15) is 14.3 Å². The first-order valence-corrected chi connectivity index (χ1v) is 8.61. The lowest BCUT2D eigenvalue weighted by Crippen LogP contribution is -2.26. The molecular formula is C14H23N3O3S. The lowest BCUT2D eigenvalue weighted by atomic mass is 10.3. The number of benzene rings is 1. The number of nitrogens with zero attached hydrogens (tertiary/aromatic N) is 2. The predicted molar refractivity (Wildman–Crippen MR) is 87.0 cm³/mol. The van der Waals surface area contributed by atoms with Crippen molar-refractivity contribution in [1.29, 1.82) is 0 Å². The van der Waals surface area contributed by atoms with Crippen molar-refractivity contribution in [2.45, 2.75) is 25.2 Å². The van der Waals surface area contributed by atoms with Gasteiger partial charge in [-0.2, -0.15) is 0 Å². The van der Waals surface area contributed by atoms with E-state index < -0.39 is 14.6 Å². The first-order chi connectivity index (χ1) is 9.96. The standard InChI is InChI=1S/C14H23N3O3S/c1-4-16(5-2)11-6-12-21(20,15-3)14-9-7-13(8-10-14)17(18)19/h7-10,12H,4-6,11H2,1-3H3,(H,15,20). The van der Waals surface area contributed by atoms with Crippen LogP contribution in [0.3, 0.4) is 0 Å². The fourth-order valence-electron chi connectivity index (χ4n) is 2.01. The minimum Gasteiger partial charge on any atom is -0.304 e. The molecule has 1 N–H and O–H groups in total. The minimum atomic E-state index is -2.48. The van der Waals surface area contributed by atoms with Gasteiger partial charge in [0, 0.05) is 23.6 Å². The topological polar surface area (TPSA) is 75.5 Å². The minimum absolute atomic E-state index is 0.000237. The molecule has 0 fully saturated rings. The highest BCUT2D eigenvalue weighted by molar-refractivity contribution is 7.99. The Balaban J connectivity index is 2.92. The van der Waals surface area contributed by atoms with Crippen LogP contribution in [0.4, 0.5) is 5.69 Å². The first kappa shape index (κ1) is 17.6. The number of rotatable bonds is 8. The first-order valence-electron chi connectivity index (χ1n) is 6.99. The summed E-state index contributed by atoms with van der Waals surface area (Å²) >= 11 is 0. The maximum Gasteiger partial charge on any atom is 0.269 e. The van der Waals surface area contributed by atoms with Crippen LogP contribution in [0.1, 0.15) is 20.3 Å².